The number of aromatic nitrogens is 1. The lowest BCUT2D eigenvalue weighted by atomic mass is 9.97. The molecule has 38 heavy (non-hydrogen) atoms. The van der Waals surface area contributed by atoms with Gasteiger partial charge in [-0.05, 0) is 71.6 Å². The van der Waals surface area contributed by atoms with Gasteiger partial charge in [0.15, 0.2) is 17.4 Å². The number of benzene rings is 2. The summed E-state index contributed by atoms with van der Waals surface area (Å²) in [4.78, 5) is 7.05. The van der Waals surface area contributed by atoms with Crippen LogP contribution in [0.15, 0.2) is 53.8 Å². The van der Waals surface area contributed by atoms with E-state index in [1.54, 1.807) is 11.5 Å². The third-order valence-electron chi connectivity index (χ3n) is 7.25. The molecule has 0 unspecified atom stereocenters. The minimum Gasteiger partial charge on any atom is -0.487 e. The molecule has 2 aromatic carbocycles. The summed E-state index contributed by atoms with van der Waals surface area (Å²) < 4.78 is 35.5. The Labute approximate surface area is 222 Å². The lowest BCUT2D eigenvalue weighted by Crippen LogP contribution is -2.38. The Balaban J connectivity index is 1.17. The second-order valence-electron chi connectivity index (χ2n) is 9.81. The van der Waals surface area contributed by atoms with E-state index in [4.69, 9.17) is 9.72 Å². The number of piperidine rings is 1. The van der Waals surface area contributed by atoms with Gasteiger partial charge < -0.3 is 9.64 Å². The Morgan fingerprint density at radius 1 is 0.947 bits per heavy atom. The van der Waals surface area contributed by atoms with Crippen molar-refractivity contribution >= 4 is 12.2 Å². The maximum absolute atomic E-state index is 14.9. The first-order valence-corrected chi connectivity index (χ1v) is 13.3. The van der Waals surface area contributed by atoms with E-state index in [9.17, 15) is 8.78 Å². The van der Waals surface area contributed by atoms with Gasteiger partial charge in [-0.3, -0.25) is 5.43 Å². The van der Waals surface area contributed by atoms with Gasteiger partial charge in [0.25, 0.3) is 0 Å². The SMILES string of the molecule is CCc1cnc(N2CCC(COc3c(F)cc(-c4ccc(CN5NC=NN5)cc4)cc3F)CC2)c(CC)c1. The van der Waals surface area contributed by atoms with Crippen LogP contribution in [0.1, 0.15) is 43.4 Å². The van der Waals surface area contributed by atoms with Crippen LogP contribution in [0.2, 0.25) is 0 Å². The molecule has 9 heteroatoms. The van der Waals surface area contributed by atoms with Crippen LogP contribution in [-0.4, -0.2) is 36.1 Å². The van der Waals surface area contributed by atoms with E-state index in [1.807, 2.05) is 30.5 Å². The van der Waals surface area contributed by atoms with Crippen LogP contribution >= 0.6 is 0 Å². The normalized spacial score (nSPS) is 15.9. The lowest BCUT2D eigenvalue weighted by Gasteiger charge is -2.34. The van der Waals surface area contributed by atoms with E-state index in [0.717, 1.165) is 55.7 Å². The number of hydrogen-bond acceptors (Lipinski definition) is 7. The number of pyridine rings is 1. The molecule has 2 aliphatic heterocycles. The van der Waals surface area contributed by atoms with Gasteiger partial charge in [0.2, 0.25) is 0 Å². The van der Waals surface area contributed by atoms with Crippen LogP contribution < -0.4 is 20.6 Å². The van der Waals surface area contributed by atoms with E-state index in [-0.39, 0.29) is 11.7 Å². The summed E-state index contributed by atoms with van der Waals surface area (Å²) in [5.41, 5.74) is 10.5. The molecule has 1 fully saturated rings. The standard InChI is InChI=1S/C29H34F2N6O/c1-3-20-13-23(4-2)29(32-16-20)36-11-9-22(10-12-36)18-38-28-26(30)14-25(15-27(28)31)24-7-5-21(6-8-24)17-37-34-19-33-35-37/h5-8,13-16,19,22,35H,3-4,9-12,17-18H2,1-2H3,(H,33,34). The maximum atomic E-state index is 14.9. The Kier molecular flexibility index (Phi) is 8.03. The van der Waals surface area contributed by atoms with E-state index >= 15 is 0 Å². The summed E-state index contributed by atoms with van der Waals surface area (Å²) in [6.45, 7) is 6.88. The molecular formula is C29H34F2N6O. The summed E-state index contributed by atoms with van der Waals surface area (Å²) in [5, 5.41) is 5.58. The number of rotatable bonds is 9. The van der Waals surface area contributed by atoms with E-state index in [2.05, 4.69) is 40.9 Å². The van der Waals surface area contributed by atoms with Gasteiger partial charge in [0, 0.05) is 19.3 Å². The molecule has 5 rings (SSSR count). The van der Waals surface area contributed by atoms with Gasteiger partial charge in [-0.1, -0.05) is 44.2 Å². The van der Waals surface area contributed by atoms with Gasteiger partial charge >= 0.3 is 0 Å². The highest BCUT2D eigenvalue weighted by molar-refractivity contribution is 5.65. The third kappa shape index (κ3) is 5.88. The van der Waals surface area contributed by atoms with Gasteiger partial charge in [-0.25, -0.2) is 19.3 Å². The Hall–Kier alpha value is -3.72. The summed E-state index contributed by atoms with van der Waals surface area (Å²) in [6.07, 6.45) is 7.22. The largest absolute Gasteiger partial charge is 0.487 e. The molecule has 2 N–H and O–H groups in total. The molecular weight excluding hydrogens is 486 g/mol. The van der Waals surface area contributed by atoms with Crippen LogP contribution in [0, 0.1) is 17.6 Å². The van der Waals surface area contributed by atoms with Crippen molar-refractivity contribution in [3.63, 3.8) is 0 Å². The number of aryl methyl sites for hydroxylation is 2. The van der Waals surface area contributed by atoms with Crippen molar-refractivity contribution < 1.29 is 13.5 Å². The molecule has 2 aliphatic rings. The fourth-order valence-electron chi connectivity index (χ4n) is 4.96. The van der Waals surface area contributed by atoms with Gasteiger partial charge in [-0.2, -0.15) is 5.10 Å². The minimum atomic E-state index is -0.683. The summed E-state index contributed by atoms with van der Waals surface area (Å²) in [6, 6.07) is 12.5. The monoisotopic (exact) mass is 520 g/mol. The molecule has 1 saturated heterocycles. The Bertz CT molecular complexity index is 1240. The number of ether oxygens (including phenoxy) is 1. The van der Waals surface area contributed by atoms with Gasteiger partial charge in [0.05, 0.1) is 13.2 Å². The topological polar surface area (TPSA) is 65.0 Å². The molecule has 0 radical (unpaired) electrons. The third-order valence-corrected chi connectivity index (χ3v) is 7.25. The average molecular weight is 521 g/mol. The van der Waals surface area contributed by atoms with Crippen molar-refractivity contribution in [2.24, 2.45) is 11.0 Å². The molecule has 3 heterocycles. The first kappa shape index (κ1) is 25.9. The zero-order valence-electron chi connectivity index (χ0n) is 21.9. The highest BCUT2D eigenvalue weighted by Crippen LogP contribution is 2.31. The molecule has 200 valence electrons. The van der Waals surface area contributed by atoms with Crippen molar-refractivity contribution in [1.82, 2.24) is 21.1 Å². The van der Waals surface area contributed by atoms with Crippen LogP contribution in [0.3, 0.4) is 0 Å². The predicted octanol–water partition coefficient (Wildman–Crippen LogP) is 5.22. The van der Waals surface area contributed by atoms with Crippen molar-refractivity contribution in [2.75, 3.05) is 24.6 Å². The van der Waals surface area contributed by atoms with Crippen molar-refractivity contribution in [3.05, 3.63) is 77.0 Å². The number of anilines is 1. The number of halogens is 2. The van der Waals surface area contributed by atoms with Crippen LogP contribution in [-0.2, 0) is 19.4 Å². The van der Waals surface area contributed by atoms with E-state index < -0.39 is 11.6 Å². The number of hydrogen-bond donors (Lipinski definition) is 2. The van der Waals surface area contributed by atoms with Gasteiger partial charge in [0.1, 0.15) is 12.2 Å². The molecule has 0 saturated carbocycles. The molecule has 3 aromatic rings. The Morgan fingerprint density at radius 2 is 1.68 bits per heavy atom. The lowest BCUT2D eigenvalue weighted by molar-refractivity contribution is 0.171. The highest BCUT2D eigenvalue weighted by Gasteiger charge is 2.24. The zero-order valence-corrected chi connectivity index (χ0v) is 21.9. The molecule has 0 atom stereocenters. The second-order valence-corrected chi connectivity index (χ2v) is 9.81. The zero-order chi connectivity index (χ0) is 26.5. The molecule has 0 bridgehead atoms. The fraction of sp³-hybridized carbons (Fsp3) is 0.379. The summed E-state index contributed by atoms with van der Waals surface area (Å²) in [5.74, 6) is -0.372. The van der Waals surface area contributed by atoms with Gasteiger partial charge in [-0.15, -0.1) is 5.12 Å². The van der Waals surface area contributed by atoms with E-state index in [0.29, 0.717) is 18.7 Å². The minimum absolute atomic E-state index is 0.238. The molecule has 0 amide bonds. The summed E-state index contributed by atoms with van der Waals surface area (Å²) in [7, 11) is 0. The molecule has 7 nitrogen and oxygen atoms in total. The number of nitrogens with zero attached hydrogens (tertiary/aromatic N) is 4. The van der Waals surface area contributed by atoms with Crippen LogP contribution in [0.5, 0.6) is 5.75 Å². The maximum Gasteiger partial charge on any atom is 0.190 e. The quantitative estimate of drug-likeness (QED) is 0.404. The first-order chi connectivity index (χ1) is 18.5. The highest BCUT2D eigenvalue weighted by atomic mass is 19.1. The molecule has 0 aliphatic carbocycles. The molecule has 0 spiro atoms. The fourth-order valence-corrected chi connectivity index (χ4v) is 4.96. The first-order valence-electron chi connectivity index (χ1n) is 13.3. The van der Waals surface area contributed by atoms with Crippen molar-refractivity contribution in [2.45, 2.75) is 46.1 Å². The second kappa shape index (κ2) is 11.8. The van der Waals surface area contributed by atoms with Crippen molar-refractivity contribution in [3.8, 4) is 16.9 Å². The number of nitrogens with one attached hydrogen (secondary N) is 2. The van der Waals surface area contributed by atoms with Crippen LogP contribution in [0.25, 0.3) is 11.1 Å². The predicted molar refractivity (Wildman–Crippen MR) is 146 cm³/mol. The average Bonchev–Trinajstić information content (AvgIpc) is 3.46. The van der Waals surface area contributed by atoms with E-state index in [1.165, 1.54) is 23.3 Å². The Morgan fingerprint density at radius 3 is 2.32 bits per heavy atom. The van der Waals surface area contributed by atoms with Crippen LogP contribution in [0.4, 0.5) is 14.6 Å². The summed E-state index contributed by atoms with van der Waals surface area (Å²) >= 11 is 0. The number of hydrazine groups is 2. The smallest absolute Gasteiger partial charge is 0.190 e. The molecule has 1 aromatic heterocycles. The van der Waals surface area contributed by atoms with Crippen molar-refractivity contribution in [1.29, 1.82) is 0 Å². The number of hydrazone groups is 1.